The molecule has 1 fully saturated rings. The van der Waals surface area contributed by atoms with E-state index in [1.54, 1.807) is 0 Å². The van der Waals surface area contributed by atoms with E-state index in [1.165, 1.54) is 5.56 Å². The summed E-state index contributed by atoms with van der Waals surface area (Å²) in [6, 6.07) is 11.1. The monoisotopic (exact) mass is 205 g/mol. The van der Waals surface area contributed by atoms with Crippen molar-refractivity contribution in [2.45, 2.75) is 37.8 Å². The molecule has 0 spiro atoms. The number of rotatable bonds is 3. The highest BCUT2D eigenvalue weighted by Gasteiger charge is 2.23. The Balaban J connectivity index is 1.90. The summed E-state index contributed by atoms with van der Waals surface area (Å²) in [7, 11) is 0. The van der Waals surface area contributed by atoms with Crippen molar-refractivity contribution in [1.29, 1.82) is 0 Å². The van der Waals surface area contributed by atoms with E-state index in [0.717, 1.165) is 19.4 Å². The predicted molar refractivity (Wildman–Crippen MR) is 61.9 cm³/mol. The van der Waals surface area contributed by atoms with Crippen LogP contribution in [0.25, 0.3) is 0 Å². The van der Waals surface area contributed by atoms with E-state index in [-0.39, 0.29) is 6.10 Å². The summed E-state index contributed by atoms with van der Waals surface area (Å²) in [5.74, 6) is 0.564. The minimum atomic E-state index is -0.141. The van der Waals surface area contributed by atoms with Gasteiger partial charge < -0.3 is 10.4 Å². The molecule has 3 unspecified atom stereocenters. The molecule has 0 saturated carbocycles. The Morgan fingerprint density at radius 3 is 2.73 bits per heavy atom. The van der Waals surface area contributed by atoms with Crippen molar-refractivity contribution in [3.8, 4) is 0 Å². The van der Waals surface area contributed by atoms with Gasteiger partial charge in [-0.1, -0.05) is 37.3 Å². The molecule has 0 aromatic heterocycles. The largest absolute Gasteiger partial charge is 0.392 e. The molecule has 3 atom stereocenters. The first kappa shape index (κ1) is 10.7. The lowest BCUT2D eigenvalue weighted by Crippen LogP contribution is -2.23. The Labute approximate surface area is 91.3 Å². The molecule has 0 bridgehead atoms. The number of benzene rings is 1. The van der Waals surface area contributed by atoms with Crippen LogP contribution >= 0.6 is 0 Å². The second kappa shape index (κ2) is 4.77. The van der Waals surface area contributed by atoms with Crippen molar-refractivity contribution in [3.05, 3.63) is 35.9 Å². The number of β-amino-alcohol motifs (C(OH)–C–C–N with tert-alkyl or cyclic N) is 1. The van der Waals surface area contributed by atoms with Crippen LogP contribution in [-0.4, -0.2) is 23.8 Å². The smallest absolute Gasteiger partial charge is 0.0679 e. The van der Waals surface area contributed by atoms with Gasteiger partial charge in [-0.15, -0.1) is 0 Å². The van der Waals surface area contributed by atoms with E-state index in [2.05, 4.69) is 36.5 Å². The summed E-state index contributed by atoms with van der Waals surface area (Å²) in [5, 5.41) is 12.8. The van der Waals surface area contributed by atoms with E-state index in [1.807, 2.05) is 6.07 Å². The molecule has 2 nitrogen and oxygen atoms in total. The van der Waals surface area contributed by atoms with Crippen LogP contribution in [0.4, 0.5) is 0 Å². The Kier molecular flexibility index (Phi) is 3.39. The molecule has 1 aromatic carbocycles. The Hall–Kier alpha value is -0.860. The minimum absolute atomic E-state index is 0.141. The molecule has 1 aliphatic heterocycles. The van der Waals surface area contributed by atoms with Crippen molar-refractivity contribution in [1.82, 2.24) is 5.32 Å². The van der Waals surface area contributed by atoms with E-state index >= 15 is 0 Å². The van der Waals surface area contributed by atoms with Crippen LogP contribution in [0, 0.1) is 0 Å². The average Bonchev–Trinajstić information content (AvgIpc) is 2.65. The first-order valence-electron chi connectivity index (χ1n) is 5.72. The summed E-state index contributed by atoms with van der Waals surface area (Å²) in [6.07, 6.45) is 1.87. The molecule has 2 rings (SSSR count). The van der Waals surface area contributed by atoms with Gasteiger partial charge in [-0.2, -0.15) is 0 Å². The lowest BCUT2D eigenvalue weighted by molar-refractivity contribution is 0.192. The summed E-state index contributed by atoms with van der Waals surface area (Å²) in [6.45, 7) is 3.01. The molecule has 1 saturated heterocycles. The molecule has 15 heavy (non-hydrogen) atoms. The lowest BCUT2D eigenvalue weighted by Gasteiger charge is -2.16. The van der Waals surface area contributed by atoms with Gasteiger partial charge in [0, 0.05) is 12.6 Å². The summed E-state index contributed by atoms with van der Waals surface area (Å²) in [4.78, 5) is 0. The lowest BCUT2D eigenvalue weighted by atomic mass is 9.93. The number of aliphatic hydroxyl groups excluding tert-OH is 1. The highest BCUT2D eigenvalue weighted by atomic mass is 16.3. The van der Waals surface area contributed by atoms with Gasteiger partial charge in [0.1, 0.15) is 0 Å². The van der Waals surface area contributed by atoms with Crippen molar-refractivity contribution in [2.75, 3.05) is 6.54 Å². The summed E-state index contributed by atoms with van der Waals surface area (Å²) >= 11 is 0. The third kappa shape index (κ3) is 2.80. The van der Waals surface area contributed by atoms with Gasteiger partial charge >= 0.3 is 0 Å². The number of hydrogen-bond acceptors (Lipinski definition) is 2. The topological polar surface area (TPSA) is 32.3 Å². The summed E-state index contributed by atoms with van der Waals surface area (Å²) in [5.41, 5.74) is 1.39. The van der Waals surface area contributed by atoms with Gasteiger partial charge in [0.15, 0.2) is 0 Å². The van der Waals surface area contributed by atoms with Crippen LogP contribution in [0.15, 0.2) is 30.3 Å². The Morgan fingerprint density at radius 2 is 2.13 bits per heavy atom. The van der Waals surface area contributed by atoms with Crippen LogP contribution in [0.3, 0.4) is 0 Å². The number of nitrogens with one attached hydrogen (secondary N) is 1. The molecule has 1 aromatic rings. The molecule has 0 radical (unpaired) electrons. The van der Waals surface area contributed by atoms with E-state index in [4.69, 9.17) is 0 Å². The molecule has 2 heteroatoms. The fourth-order valence-corrected chi connectivity index (χ4v) is 2.32. The van der Waals surface area contributed by atoms with Crippen molar-refractivity contribution in [2.24, 2.45) is 0 Å². The average molecular weight is 205 g/mol. The first-order chi connectivity index (χ1) is 7.25. The molecular formula is C13H19NO. The second-order valence-corrected chi connectivity index (χ2v) is 4.54. The summed E-state index contributed by atoms with van der Waals surface area (Å²) < 4.78 is 0. The van der Waals surface area contributed by atoms with Crippen LogP contribution in [-0.2, 0) is 0 Å². The molecule has 0 aliphatic carbocycles. The fourth-order valence-electron chi connectivity index (χ4n) is 2.32. The van der Waals surface area contributed by atoms with Gasteiger partial charge in [0.25, 0.3) is 0 Å². The third-order valence-electron chi connectivity index (χ3n) is 3.21. The van der Waals surface area contributed by atoms with Crippen LogP contribution in [0.1, 0.15) is 31.2 Å². The molecule has 1 heterocycles. The maximum absolute atomic E-state index is 9.42. The quantitative estimate of drug-likeness (QED) is 0.790. The van der Waals surface area contributed by atoms with Crippen LogP contribution in [0.2, 0.25) is 0 Å². The van der Waals surface area contributed by atoms with Gasteiger partial charge in [0.05, 0.1) is 6.10 Å². The van der Waals surface area contributed by atoms with Gasteiger partial charge in [0.2, 0.25) is 0 Å². The zero-order valence-electron chi connectivity index (χ0n) is 9.19. The van der Waals surface area contributed by atoms with E-state index in [0.29, 0.717) is 12.0 Å². The zero-order chi connectivity index (χ0) is 10.7. The van der Waals surface area contributed by atoms with Gasteiger partial charge in [-0.05, 0) is 24.3 Å². The van der Waals surface area contributed by atoms with Crippen LogP contribution in [0.5, 0.6) is 0 Å². The number of hydrogen-bond donors (Lipinski definition) is 2. The van der Waals surface area contributed by atoms with Crippen molar-refractivity contribution in [3.63, 3.8) is 0 Å². The molecule has 82 valence electrons. The highest BCUT2D eigenvalue weighted by molar-refractivity contribution is 5.19. The van der Waals surface area contributed by atoms with Gasteiger partial charge in [-0.3, -0.25) is 0 Å². The van der Waals surface area contributed by atoms with Gasteiger partial charge in [-0.25, -0.2) is 0 Å². The SMILES string of the molecule is CC(CC1CC(O)CN1)c1ccccc1. The Morgan fingerprint density at radius 1 is 1.40 bits per heavy atom. The molecular weight excluding hydrogens is 186 g/mol. The maximum Gasteiger partial charge on any atom is 0.0679 e. The van der Waals surface area contributed by atoms with Crippen molar-refractivity contribution >= 4 is 0 Å². The number of aliphatic hydroxyl groups is 1. The van der Waals surface area contributed by atoms with Crippen molar-refractivity contribution < 1.29 is 5.11 Å². The zero-order valence-corrected chi connectivity index (χ0v) is 9.19. The maximum atomic E-state index is 9.42. The molecule has 2 N–H and O–H groups in total. The fraction of sp³-hybridized carbons (Fsp3) is 0.538. The van der Waals surface area contributed by atoms with Crippen LogP contribution < -0.4 is 5.32 Å². The first-order valence-corrected chi connectivity index (χ1v) is 5.72. The second-order valence-electron chi connectivity index (χ2n) is 4.54. The molecule has 0 amide bonds. The third-order valence-corrected chi connectivity index (χ3v) is 3.21. The minimum Gasteiger partial charge on any atom is -0.392 e. The van der Waals surface area contributed by atoms with E-state index < -0.39 is 0 Å². The standard InChI is InChI=1S/C13H19NO/c1-10(11-5-3-2-4-6-11)7-12-8-13(15)9-14-12/h2-6,10,12-15H,7-9H2,1H3. The predicted octanol–water partition coefficient (Wildman–Crippen LogP) is 1.90. The normalized spacial score (nSPS) is 27.9. The molecule has 1 aliphatic rings. The van der Waals surface area contributed by atoms with E-state index in [9.17, 15) is 5.11 Å². The Bertz CT molecular complexity index is 299. The highest BCUT2D eigenvalue weighted by Crippen LogP contribution is 2.23.